The molecule has 5 rings (SSSR count). The molecule has 1 amide bonds. The van der Waals surface area contributed by atoms with Gasteiger partial charge in [-0.3, -0.25) is 9.69 Å². The van der Waals surface area contributed by atoms with E-state index in [4.69, 9.17) is 4.74 Å². The van der Waals surface area contributed by atoms with Crippen LogP contribution in [-0.2, 0) is 0 Å². The molecule has 2 heterocycles. The maximum Gasteiger partial charge on any atom is 0.323 e. The molecule has 7 nitrogen and oxygen atoms in total. The standard InChI is InChI=1S/C27H28N4O3/c32-26(19-10-12-22(13-11-19)34-17-16-31-14-2-1-3-15-31)28-21-7-4-6-20(18-21)23-8-5-9-24-25(23)30-27(33)29-24/h4-13,18H,1-3,14-17H2,(H,28,32)(H2,29,30,33). The number of nitrogens with one attached hydrogen (secondary N) is 3. The highest BCUT2D eigenvalue weighted by atomic mass is 16.5. The highest BCUT2D eigenvalue weighted by Crippen LogP contribution is 2.28. The molecule has 0 spiro atoms. The fourth-order valence-electron chi connectivity index (χ4n) is 4.44. The molecule has 0 atom stereocenters. The number of fused-ring (bicyclic) bond motifs is 1. The van der Waals surface area contributed by atoms with E-state index in [9.17, 15) is 9.59 Å². The number of carbonyl (C=O) groups excluding carboxylic acids is 1. The van der Waals surface area contributed by atoms with Gasteiger partial charge in [-0.1, -0.05) is 30.7 Å². The number of anilines is 1. The molecular formula is C27H28N4O3. The number of ether oxygens (including phenoxy) is 1. The number of likely N-dealkylation sites (tertiary alicyclic amines) is 1. The summed E-state index contributed by atoms with van der Waals surface area (Å²) in [5.41, 5.74) is 4.27. The summed E-state index contributed by atoms with van der Waals surface area (Å²) >= 11 is 0. The minimum absolute atomic E-state index is 0.190. The van der Waals surface area contributed by atoms with Crippen molar-refractivity contribution in [1.82, 2.24) is 14.9 Å². The van der Waals surface area contributed by atoms with Crippen molar-refractivity contribution in [2.24, 2.45) is 0 Å². The maximum atomic E-state index is 12.8. The van der Waals surface area contributed by atoms with Gasteiger partial charge in [-0.2, -0.15) is 0 Å². The smallest absolute Gasteiger partial charge is 0.323 e. The second kappa shape index (κ2) is 9.97. The predicted molar refractivity (Wildman–Crippen MR) is 135 cm³/mol. The summed E-state index contributed by atoms with van der Waals surface area (Å²) in [5.74, 6) is 0.578. The number of hydrogen-bond donors (Lipinski definition) is 3. The molecule has 0 radical (unpaired) electrons. The first kappa shape index (κ1) is 22.0. The zero-order chi connectivity index (χ0) is 23.3. The van der Waals surface area contributed by atoms with Crippen molar-refractivity contribution in [3.8, 4) is 16.9 Å². The molecule has 3 aromatic carbocycles. The number of aromatic amines is 2. The number of nitrogens with zero attached hydrogens (tertiary/aromatic N) is 1. The van der Waals surface area contributed by atoms with Gasteiger partial charge in [-0.15, -0.1) is 0 Å². The fourth-order valence-corrected chi connectivity index (χ4v) is 4.44. The number of imidazole rings is 1. The average molecular weight is 457 g/mol. The van der Waals surface area contributed by atoms with Gasteiger partial charge in [-0.25, -0.2) is 4.79 Å². The Morgan fingerprint density at radius 2 is 1.74 bits per heavy atom. The highest BCUT2D eigenvalue weighted by Gasteiger charge is 2.11. The predicted octanol–water partition coefficient (Wildman–Crippen LogP) is 4.64. The van der Waals surface area contributed by atoms with Crippen LogP contribution in [0.4, 0.5) is 5.69 Å². The highest BCUT2D eigenvalue weighted by molar-refractivity contribution is 6.04. The third kappa shape index (κ3) is 5.05. The lowest BCUT2D eigenvalue weighted by Crippen LogP contribution is -2.33. The molecule has 4 aromatic rings. The SMILES string of the molecule is O=C(Nc1cccc(-c2cccc3[nH]c(=O)[nH]c23)c1)c1ccc(OCCN2CCCCC2)cc1. The molecule has 0 saturated carbocycles. The zero-order valence-corrected chi connectivity index (χ0v) is 19.0. The topological polar surface area (TPSA) is 90.2 Å². The summed E-state index contributed by atoms with van der Waals surface area (Å²) in [5, 5.41) is 2.96. The number of para-hydroxylation sites is 1. The molecule has 1 aliphatic rings. The lowest BCUT2D eigenvalue weighted by molar-refractivity contribution is 0.102. The average Bonchev–Trinajstić information content (AvgIpc) is 3.25. The van der Waals surface area contributed by atoms with Crippen LogP contribution in [0.1, 0.15) is 29.6 Å². The van der Waals surface area contributed by atoms with Crippen molar-refractivity contribution in [3.63, 3.8) is 0 Å². The number of carbonyl (C=O) groups is 1. The zero-order valence-electron chi connectivity index (χ0n) is 19.0. The van der Waals surface area contributed by atoms with E-state index in [1.165, 1.54) is 19.3 Å². The third-order valence-electron chi connectivity index (χ3n) is 6.22. The number of rotatable bonds is 7. The van der Waals surface area contributed by atoms with Gasteiger partial charge in [0, 0.05) is 23.4 Å². The molecule has 1 aromatic heterocycles. The first-order valence-corrected chi connectivity index (χ1v) is 11.7. The maximum absolute atomic E-state index is 12.8. The monoisotopic (exact) mass is 456 g/mol. The van der Waals surface area contributed by atoms with Crippen molar-refractivity contribution in [1.29, 1.82) is 0 Å². The van der Waals surface area contributed by atoms with Crippen molar-refractivity contribution < 1.29 is 9.53 Å². The molecule has 1 aliphatic heterocycles. The molecule has 34 heavy (non-hydrogen) atoms. The first-order valence-electron chi connectivity index (χ1n) is 11.7. The lowest BCUT2D eigenvalue weighted by atomic mass is 10.0. The van der Waals surface area contributed by atoms with Crippen LogP contribution in [-0.4, -0.2) is 47.0 Å². The number of H-pyrrole nitrogens is 2. The van der Waals surface area contributed by atoms with E-state index in [-0.39, 0.29) is 11.6 Å². The van der Waals surface area contributed by atoms with Gasteiger partial charge in [0.1, 0.15) is 12.4 Å². The van der Waals surface area contributed by atoms with Crippen LogP contribution in [0.25, 0.3) is 22.2 Å². The second-order valence-corrected chi connectivity index (χ2v) is 8.62. The number of amides is 1. The summed E-state index contributed by atoms with van der Waals surface area (Å²) < 4.78 is 5.86. The van der Waals surface area contributed by atoms with Crippen molar-refractivity contribution in [3.05, 3.63) is 82.8 Å². The number of aromatic nitrogens is 2. The van der Waals surface area contributed by atoms with Crippen LogP contribution in [0.2, 0.25) is 0 Å². The molecule has 3 N–H and O–H groups in total. The second-order valence-electron chi connectivity index (χ2n) is 8.62. The van der Waals surface area contributed by atoms with Gasteiger partial charge >= 0.3 is 5.69 Å². The van der Waals surface area contributed by atoms with Crippen molar-refractivity contribution >= 4 is 22.6 Å². The largest absolute Gasteiger partial charge is 0.492 e. The summed E-state index contributed by atoms with van der Waals surface area (Å²) in [6, 6.07) is 20.5. The van der Waals surface area contributed by atoms with Gasteiger partial charge < -0.3 is 20.0 Å². The molecule has 174 valence electrons. The Kier molecular flexibility index (Phi) is 6.44. The van der Waals surface area contributed by atoms with Crippen LogP contribution in [0.15, 0.2) is 71.5 Å². The minimum Gasteiger partial charge on any atom is -0.492 e. The number of piperidine rings is 1. The van der Waals surface area contributed by atoms with E-state index in [1.807, 2.05) is 54.6 Å². The first-order chi connectivity index (χ1) is 16.7. The van der Waals surface area contributed by atoms with Crippen molar-refractivity contribution in [2.75, 3.05) is 31.6 Å². The summed E-state index contributed by atoms with van der Waals surface area (Å²) in [7, 11) is 0. The lowest BCUT2D eigenvalue weighted by Gasteiger charge is -2.26. The Labute approximate surface area is 197 Å². The van der Waals surface area contributed by atoms with Gasteiger partial charge in [0.05, 0.1) is 11.0 Å². The molecule has 1 saturated heterocycles. The van der Waals surface area contributed by atoms with E-state index < -0.39 is 0 Å². The third-order valence-corrected chi connectivity index (χ3v) is 6.22. The van der Waals surface area contributed by atoms with Gasteiger partial charge in [0.15, 0.2) is 0 Å². The van der Waals surface area contributed by atoms with Gasteiger partial charge in [-0.05, 0) is 74.0 Å². The Bertz CT molecular complexity index is 1330. The van der Waals surface area contributed by atoms with E-state index in [1.54, 1.807) is 12.1 Å². The number of hydrogen-bond acceptors (Lipinski definition) is 4. The van der Waals surface area contributed by atoms with Crippen LogP contribution < -0.4 is 15.7 Å². The Morgan fingerprint density at radius 3 is 2.56 bits per heavy atom. The van der Waals surface area contributed by atoms with Crippen LogP contribution in [0, 0.1) is 0 Å². The molecule has 0 aliphatic carbocycles. The molecule has 7 heteroatoms. The summed E-state index contributed by atoms with van der Waals surface area (Å²) in [6.45, 7) is 3.89. The van der Waals surface area contributed by atoms with Gasteiger partial charge in [0.2, 0.25) is 0 Å². The minimum atomic E-state index is -0.245. The van der Waals surface area contributed by atoms with Crippen LogP contribution in [0.5, 0.6) is 5.75 Å². The summed E-state index contributed by atoms with van der Waals surface area (Å²) in [6.07, 6.45) is 3.87. The van der Waals surface area contributed by atoms with Crippen molar-refractivity contribution in [2.45, 2.75) is 19.3 Å². The van der Waals surface area contributed by atoms with E-state index in [0.29, 0.717) is 17.9 Å². The molecular weight excluding hydrogens is 428 g/mol. The Hall–Kier alpha value is -3.84. The normalized spacial score (nSPS) is 14.2. The molecule has 0 unspecified atom stereocenters. The molecule has 1 fully saturated rings. The van der Waals surface area contributed by atoms with Crippen LogP contribution in [0.3, 0.4) is 0 Å². The van der Waals surface area contributed by atoms with Gasteiger partial charge in [0.25, 0.3) is 5.91 Å². The van der Waals surface area contributed by atoms with E-state index in [0.717, 1.165) is 47.5 Å². The quantitative estimate of drug-likeness (QED) is 0.378. The Balaban J connectivity index is 1.22. The van der Waals surface area contributed by atoms with E-state index >= 15 is 0 Å². The summed E-state index contributed by atoms with van der Waals surface area (Å²) in [4.78, 5) is 32.6. The Morgan fingerprint density at radius 1 is 0.941 bits per heavy atom. The number of benzene rings is 3. The molecule has 0 bridgehead atoms. The fraction of sp³-hybridized carbons (Fsp3) is 0.259. The van der Waals surface area contributed by atoms with Crippen LogP contribution >= 0.6 is 0 Å². The van der Waals surface area contributed by atoms with E-state index in [2.05, 4.69) is 20.2 Å².